The average molecular weight is 301 g/mol. The Morgan fingerprint density at radius 3 is 2.55 bits per heavy atom. The van der Waals surface area contributed by atoms with Crippen molar-refractivity contribution < 1.29 is 9.30 Å². The Morgan fingerprint density at radius 2 is 1.82 bits per heavy atom. The molecule has 0 amide bonds. The normalized spacial score (nSPS) is 11.0. The van der Waals surface area contributed by atoms with Crippen LogP contribution < -0.4 is 4.57 Å². The number of aromatic nitrogens is 2. The van der Waals surface area contributed by atoms with E-state index in [-0.39, 0.29) is 0 Å². The lowest BCUT2D eigenvalue weighted by atomic mass is 10.2. The van der Waals surface area contributed by atoms with Gasteiger partial charge in [-0.05, 0) is 31.4 Å². The summed E-state index contributed by atoms with van der Waals surface area (Å²) in [6.07, 6.45) is 10.5. The van der Waals surface area contributed by atoms with E-state index in [1.807, 2.05) is 0 Å². The molecular weight excluding hydrogens is 272 g/mol. The van der Waals surface area contributed by atoms with Crippen molar-refractivity contribution in [3.63, 3.8) is 0 Å². The Labute approximate surface area is 134 Å². The molecule has 0 spiro atoms. The molecule has 0 N–H and O–H groups in total. The smallest absolute Gasteiger partial charge is 0.290 e. The number of hydrogen-bond acceptors (Lipinski definition) is 1. The number of rotatable bonds is 10. The maximum absolute atomic E-state index is 5.74. The summed E-state index contributed by atoms with van der Waals surface area (Å²) in [6.45, 7) is 6.90. The Morgan fingerprint density at radius 1 is 1.00 bits per heavy atom. The molecule has 0 radical (unpaired) electrons. The molecule has 0 fully saturated rings. The van der Waals surface area contributed by atoms with Crippen LogP contribution in [0, 0.1) is 0 Å². The van der Waals surface area contributed by atoms with Crippen LogP contribution in [0.15, 0.2) is 42.7 Å². The summed E-state index contributed by atoms with van der Waals surface area (Å²) in [5, 5.41) is 0. The highest BCUT2D eigenvalue weighted by molar-refractivity contribution is 5.52. The third-order valence-electron chi connectivity index (χ3n) is 3.83. The molecule has 3 heteroatoms. The van der Waals surface area contributed by atoms with Gasteiger partial charge in [-0.3, -0.25) is 0 Å². The molecule has 2 aromatic rings. The van der Waals surface area contributed by atoms with Crippen LogP contribution in [0.3, 0.4) is 0 Å². The van der Waals surface area contributed by atoms with Gasteiger partial charge in [-0.2, -0.15) is 0 Å². The van der Waals surface area contributed by atoms with Gasteiger partial charge in [0.25, 0.3) is 5.82 Å². The maximum atomic E-state index is 5.74. The van der Waals surface area contributed by atoms with Crippen LogP contribution in [0.1, 0.15) is 46.0 Å². The second kappa shape index (κ2) is 9.42. The van der Waals surface area contributed by atoms with Crippen LogP contribution in [-0.4, -0.2) is 11.2 Å². The molecule has 0 unspecified atom stereocenters. The molecule has 0 saturated heterocycles. The first-order valence-electron chi connectivity index (χ1n) is 8.58. The van der Waals surface area contributed by atoms with Crippen molar-refractivity contribution in [2.75, 3.05) is 6.61 Å². The number of aryl methyl sites for hydroxylation is 1. The fourth-order valence-electron chi connectivity index (χ4n) is 2.69. The summed E-state index contributed by atoms with van der Waals surface area (Å²) in [7, 11) is 0. The van der Waals surface area contributed by atoms with Gasteiger partial charge < -0.3 is 4.74 Å². The molecule has 3 nitrogen and oxygen atoms in total. The van der Waals surface area contributed by atoms with E-state index >= 15 is 0 Å². The van der Waals surface area contributed by atoms with Crippen molar-refractivity contribution in [1.29, 1.82) is 0 Å². The minimum absolute atomic E-state index is 0.625. The molecule has 0 aliphatic heterocycles. The SMILES string of the molecule is CCCCCCn1cc[n+](COCCC)c1-c1ccccc1. The van der Waals surface area contributed by atoms with Crippen molar-refractivity contribution in [1.82, 2.24) is 4.57 Å². The van der Waals surface area contributed by atoms with Crippen molar-refractivity contribution in [2.45, 2.75) is 59.2 Å². The number of ether oxygens (including phenoxy) is 1. The van der Waals surface area contributed by atoms with Gasteiger partial charge in [-0.1, -0.05) is 44.9 Å². The van der Waals surface area contributed by atoms with E-state index in [0.29, 0.717) is 6.73 Å². The first kappa shape index (κ1) is 16.8. The largest absolute Gasteiger partial charge is 0.342 e. The van der Waals surface area contributed by atoms with Crippen molar-refractivity contribution in [3.8, 4) is 11.4 Å². The lowest BCUT2D eigenvalue weighted by molar-refractivity contribution is -0.722. The quantitative estimate of drug-likeness (QED) is 0.469. The van der Waals surface area contributed by atoms with Gasteiger partial charge >= 0.3 is 0 Å². The molecule has 1 heterocycles. The minimum Gasteiger partial charge on any atom is -0.342 e. The fourth-order valence-corrected chi connectivity index (χ4v) is 2.69. The average Bonchev–Trinajstić information content (AvgIpc) is 2.95. The molecule has 22 heavy (non-hydrogen) atoms. The van der Waals surface area contributed by atoms with Gasteiger partial charge in [0, 0.05) is 0 Å². The summed E-state index contributed by atoms with van der Waals surface area (Å²) in [4.78, 5) is 0. The van der Waals surface area contributed by atoms with Crippen LogP contribution in [-0.2, 0) is 18.0 Å². The summed E-state index contributed by atoms with van der Waals surface area (Å²) in [5.74, 6) is 1.24. The molecular formula is C19H29N2O+. The molecule has 1 aromatic heterocycles. The fraction of sp³-hybridized carbons (Fsp3) is 0.526. The topological polar surface area (TPSA) is 18.0 Å². The Bertz CT molecular complexity index is 534. The van der Waals surface area contributed by atoms with E-state index in [1.165, 1.54) is 37.1 Å². The van der Waals surface area contributed by atoms with E-state index in [4.69, 9.17) is 4.74 Å². The van der Waals surface area contributed by atoms with E-state index in [2.05, 4.69) is 65.7 Å². The van der Waals surface area contributed by atoms with E-state index in [1.54, 1.807) is 0 Å². The van der Waals surface area contributed by atoms with Crippen molar-refractivity contribution in [2.24, 2.45) is 0 Å². The zero-order chi connectivity index (χ0) is 15.6. The molecule has 0 aliphatic rings. The van der Waals surface area contributed by atoms with E-state index in [0.717, 1.165) is 19.6 Å². The monoisotopic (exact) mass is 301 g/mol. The Balaban J connectivity index is 2.14. The molecule has 120 valence electrons. The summed E-state index contributed by atoms with van der Waals surface area (Å²) in [6, 6.07) is 10.6. The third-order valence-corrected chi connectivity index (χ3v) is 3.83. The number of imidazole rings is 1. The molecule has 0 aliphatic carbocycles. The van der Waals surface area contributed by atoms with Crippen LogP contribution >= 0.6 is 0 Å². The standard InChI is InChI=1S/C19H29N2O/c1-3-5-6-10-13-20-14-15-21(17-22-16-4-2)19(20)18-11-8-7-9-12-18/h7-9,11-12,14-15H,3-6,10,13,16-17H2,1-2H3/q+1. The van der Waals surface area contributed by atoms with Gasteiger partial charge in [0.1, 0.15) is 12.4 Å². The predicted molar refractivity (Wildman–Crippen MR) is 90.4 cm³/mol. The van der Waals surface area contributed by atoms with Gasteiger partial charge in [-0.25, -0.2) is 9.13 Å². The number of unbranched alkanes of at least 4 members (excludes halogenated alkanes) is 3. The zero-order valence-electron chi connectivity index (χ0n) is 14.0. The Hall–Kier alpha value is -1.61. The van der Waals surface area contributed by atoms with E-state index < -0.39 is 0 Å². The number of benzene rings is 1. The molecule has 0 atom stereocenters. The van der Waals surface area contributed by atoms with Crippen molar-refractivity contribution >= 4 is 0 Å². The van der Waals surface area contributed by atoms with Crippen LogP contribution in [0.25, 0.3) is 11.4 Å². The molecule has 0 bridgehead atoms. The highest BCUT2D eigenvalue weighted by Gasteiger charge is 2.18. The lowest BCUT2D eigenvalue weighted by Gasteiger charge is -2.06. The molecule has 1 aromatic carbocycles. The lowest BCUT2D eigenvalue weighted by Crippen LogP contribution is -2.36. The highest BCUT2D eigenvalue weighted by Crippen LogP contribution is 2.16. The van der Waals surface area contributed by atoms with Crippen molar-refractivity contribution in [3.05, 3.63) is 42.7 Å². The first-order chi connectivity index (χ1) is 10.9. The van der Waals surface area contributed by atoms with Gasteiger partial charge in [0.2, 0.25) is 0 Å². The minimum atomic E-state index is 0.625. The highest BCUT2D eigenvalue weighted by atomic mass is 16.5. The zero-order valence-corrected chi connectivity index (χ0v) is 14.0. The third kappa shape index (κ3) is 4.70. The number of hydrogen-bond donors (Lipinski definition) is 0. The van der Waals surface area contributed by atoms with Gasteiger partial charge in [0.05, 0.1) is 18.7 Å². The second-order valence-electron chi connectivity index (χ2n) is 5.75. The maximum Gasteiger partial charge on any atom is 0.290 e. The summed E-state index contributed by atoms with van der Waals surface area (Å²) >= 11 is 0. The number of nitrogens with zero attached hydrogens (tertiary/aromatic N) is 2. The predicted octanol–water partition coefficient (Wildman–Crippen LogP) is 4.41. The summed E-state index contributed by atoms with van der Waals surface area (Å²) < 4.78 is 10.3. The van der Waals surface area contributed by atoms with Crippen LogP contribution in [0.5, 0.6) is 0 Å². The van der Waals surface area contributed by atoms with Crippen LogP contribution in [0.2, 0.25) is 0 Å². The Kier molecular flexibility index (Phi) is 7.17. The first-order valence-corrected chi connectivity index (χ1v) is 8.58. The second-order valence-corrected chi connectivity index (χ2v) is 5.75. The van der Waals surface area contributed by atoms with Gasteiger partial charge in [0.15, 0.2) is 6.73 Å². The van der Waals surface area contributed by atoms with Crippen LogP contribution in [0.4, 0.5) is 0 Å². The molecule has 2 rings (SSSR count). The summed E-state index contributed by atoms with van der Waals surface area (Å²) in [5.41, 5.74) is 1.25. The van der Waals surface area contributed by atoms with Gasteiger partial charge in [-0.15, -0.1) is 0 Å². The van der Waals surface area contributed by atoms with E-state index in [9.17, 15) is 0 Å². The molecule has 0 saturated carbocycles.